The van der Waals surface area contributed by atoms with Crippen LogP contribution in [0.2, 0.25) is 4.34 Å². The summed E-state index contributed by atoms with van der Waals surface area (Å²) in [5.41, 5.74) is 3.62. The first-order valence-electron chi connectivity index (χ1n) is 6.27. The van der Waals surface area contributed by atoms with Crippen molar-refractivity contribution in [1.29, 1.82) is 0 Å². The average Bonchev–Trinajstić information content (AvgIpc) is 3.03. The number of nitrogens with one attached hydrogen (secondary N) is 1. The fourth-order valence-corrected chi connectivity index (χ4v) is 3.40. The Hall–Kier alpha value is -1.85. The molecule has 0 atom stereocenters. The lowest BCUT2D eigenvalue weighted by Crippen LogP contribution is -2.13. The van der Waals surface area contributed by atoms with Crippen molar-refractivity contribution >= 4 is 39.9 Å². The van der Waals surface area contributed by atoms with Gasteiger partial charge in [0.15, 0.2) is 0 Å². The van der Waals surface area contributed by atoms with E-state index in [0.717, 1.165) is 35.3 Å². The van der Waals surface area contributed by atoms with Crippen LogP contribution in [-0.2, 0) is 6.42 Å². The number of aromatic amines is 1. The lowest BCUT2D eigenvalue weighted by atomic mass is 10.0. The molecule has 0 amide bonds. The molecule has 100 valence electrons. The van der Waals surface area contributed by atoms with E-state index in [0.29, 0.717) is 9.72 Å². The predicted molar refractivity (Wildman–Crippen MR) is 81.9 cm³/mol. The van der Waals surface area contributed by atoms with Gasteiger partial charge in [0.25, 0.3) is 5.56 Å². The van der Waals surface area contributed by atoms with Crippen molar-refractivity contribution in [1.82, 2.24) is 14.8 Å². The predicted octanol–water partition coefficient (Wildman–Crippen LogP) is 3.39. The van der Waals surface area contributed by atoms with Gasteiger partial charge < -0.3 is 0 Å². The van der Waals surface area contributed by atoms with Gasteiger partial charge in [0.2, 0.25) is 0 Å². The van der Waals surface area contributed by atoms with E-state index >= 15 is 0 Å². The summed E-state index contributed by atoms with van der Waals surface area (Å²) in [6.07, 6.45) is 7.64. The smallest absolute Gasteiger partial charge is 0.280 e. The Morgan fingerprint density at radius 3 is 3.15 bits per heavy atom. The van der Waals surface area contributed by atoms with Crippen molar-refractivity contribution < 1.29 is 0 Å². The van der Waals surface area contributed by atoms with Crippen LogP contribution < -0.4 is 5.56 Å². The highest BCUT2D eigenvalue weighted by Crippen LogP contribution is 2.26. The number of halogens is 1. The van der Waals surface area contributed by atoms with E-state index in [1.165, 1.54) is 16.0 Å². The van der Waals surface area contributed by atoms with Gasteiger partial charge in [-0.1, -0.05) is 17.7 Å². The normalized spacial score (nSPS) is 13.8. The minimum atomic E-state index is -0.0840. The van der Waals surface area contributed by atoms with Crippen molar-refractivity contribution in [2.24, 2.45) is 0 Å². The molecule has 4 rings (SSSR count). The minimum Gasteiger partial charge on any atom is -0.290 e. The SMILES string of the molecule is O=c1c2cnc3c(c2[nH]n1-c1csc(Cl)c1)CCC=C3. The number of aromatic nitrogens is 3. The van der Waals surface area contributed by atoms with Crippen molar-refractivity contribution in [3.8, 4) is 5.69 Å². The highest BCUT2D eigenvalue weighted by Gasteiger charge is 2.16. The van der Waals surface area contributed by atoms with Gasteiger partial charge in [-0.3, -0.25) is 14.9 Å². The molecule has 20 heavy (non-hydrogen) atoms. The standard InChI is InChI=1S/C14H10ClN3OS/c15-12-5-8(7-20-12)18-14(19)10-6-16-11-4-2-1-3-9(11)13(10)17-18/h2,4-7,17H,1,3H2. The molecule has 1 N–H and O–H groups in total. The van der Waals surface area contributed by atoms with Gasteiger partial charge in [0.1, 0.15) is 0 Å². The van der Waals surface area contributed by atoms with Gasteiger partial charge >= 0.3 is 0 Å². The highest BCUT2D eigenvalue weighted by molar-refractivity contribution is 7.14. The van der Waals surface area contributed by atoms with Crippen LogP contribution >= 0.6 is 22.9 Å². The van der Waals surface area contributed by atoms with Gasteiger partial charge in [-0.2, -0.15) is 0 Å². The summed E-state index contributed by atoms with van der Waals surface area (Å²) in [7, 11) is 0. The topological polar surface area (TPSA) is 50.7 Å². The summed E-state index contributed by atoms with van der Waals surface area (Å²) in [5.74, 6) is 0. The Kier molecular flexibility index (Phi) is 2.58. The number of fused-ring (bicyclic) bond motifs is 3. The van der Waals surface area contributed by atoms with Crippen LogP contribution in [0.25, 0.3) is 22.7 Å². The largest absolute Gasteiger partial charge is 0.290 e. The minimum absolute atomic E-state index is 0.0840. The molecule has 0 spiro atoms. The zero-order chi connectivity index (χ0) is 13.7. The van der Waals surface area contributed by atoms with E-state index < -0.39 is 0 Å². The molecular formula is C14H10ClN3OS. The van der Waals surface area contributed by atoms with Crippen molar-refractivity contribution in [2.75, 3.05) is 0 Å². The second-order valence-corrected chi connectivity index (χ2v) is 6.26. The van der Waals surface area contributed by atoms with E-state index in [1.54, 1.807) is 12.3 Å². The number of aryl methyl sites for hydroxylation is 1. The Morgan fingerprint density at radius 2 is 2.35 bits per heavy atom. The van der Waals surface area contributed by atoms with E-state index in [9.17, 15) is 4.79 Å². The lowest BCUT2D eigenvalue weighted by molar-refractivity contribution is 0.862. The molecule has 0 unspecified atom stereocenters. The molecule has 0 fully saturated rings. The van der Waals surface area contributed by atoms with Gasteiger partial charge in [-0.25, -0.2) is 4.68 Å². The lowest BCUT2D eigenvalue weighted by Gasteiger charge is -2.09. The second kappa shape index (κ2) is 4.33. The van der Waals surface area contributed by atoms with Gasteiger partial charge in [0.05, 0.1) is 26.6 Å². The summed E-state index contributed by atoms with van der Waals surface area (Å²) in [5, 5.41) is 5.69. The molecule has 1 aliphatic rings. The van der Waals surface area contributed by atoms with Crippen LogP contribution in [0.5, 0.6) is 0 Å². The number of nitrogens with zero attached hydrogens (tertiary/aromatic N) is 2. The molecule has 3 aromatic rings. The molecule has 0 radical (unpaired) electrons. The van der Waals surface area contributed by atoms with E-state index in [4.69, 9.17) is 11.6 Å². The molecule has 3 heterocycles. The zero-order valence-electron chi connectivity index (χ0n) is 10.4. The molecule has 0 saturated heterocycles. The number of hydrogen-bond acceptors (Lipinski definition) is 3. The third-order valence-corrected chi connectivity index (χ3v) is 4.60. The van der Waals surface area contributed by atoms with Crippen molar-refractivity contribution in [2.45, 2.75) is 12.8 Å². The van der Waals surface area contributed by atoms with Crippen LogP contribution in [-0.4, -0.2) is 14.8 Å². The first-order chi connectivity index (χ1) is 9.74. The molecule has 0 aliphatic heterocycles. The van der Waals surface area contributed by atoms with Crippen LogP contribution in [0, 0.1) is 0 Å². The van der Waals surface area contributed by atoms with Crippen molar-refractivity contribution in [3.63, 3.8) is 0 Å². The summed E-state index contributed by atoms with van der Waals surface area (Å²) < 4.78 is 2.20. The highest BCUT2D eigenvalue weighted by atomic mass is 35.5. The first kappa shape index (κ1) is 11.9. The number of hydrogen-bond donors (Lipinski definition) is 1. The van der Waals surface area contributed by atoms with E-state index in [-0.39, 0.29) is 5.56 Å². The Bertz CT molecular complexity index is 903. The summed E-state index contributed by atoms with van der Waals surface area (Å²) in [4.78, 5) is 16.8. The molecule has 6 heteroatoms. The summed E-state index contributed by atoms with van der Waals surface area (Å²) in [6, 6.07) is 1.78. The number of allylic oxidation sites excluding steroid dienone is 1. The fraction of sp³-hybridized carbons (Fsp3) is 0.143. The van der Waals surface area contributed by atoms with Gasteiger partial charge in [-0.15, -0.1) is 11.3 Å². The molecular weight excluding hydrogens is 294 g/mol. The van der Waals surface area contributed by atoms with Crippen LogP contribution in [0.4, 0.5) is 0 Å². The van der Waals surface area contributed by atoms with Crippen LogP contribution in [0.1, 0.15) is 17.7 Å². The molecule has 3 aromatic heterocycles. The third-order valence-electron chi connectivity index (χ3n) is 3.52. The number of H-pyrrole nitrogens is 1. The summed E-state index contributed by atoms with van der Waals surface area (Å²) in [6.45, 7) is 0. The molecule has 4 nitrogen and oxygen atoms in total. The maximum Gasteiger partial charge on any atom is 0.280 e. The van der Waals surface area contributed by atoms with Crippen LogP contribution in [0.15, 0.2) is 28.5 Å². The Labute approximate surface area is 123 Å². The zero-order valence-corrected chi connectivity index (χ0v) is 12.0. The number of rotatable bonds is 1. The maximum atomic E-state index is 12.5. The van der Waals surface area contributed by atoms with Gasteiger partial charge in [0, 0.05) is 17.1 Å². The molecule has 0 aromatic carbocycles. The third kappa shape index (κ3) is 1.67. The van der Waals surface area contributed by atoms with Gasteiger partial charge in [-0.05, 0) is 25.0 Å². The van der Waals surface area contributed by atoms with Crippen LogP contribution in [0.3, 0.4) is 0 Å². The van der Waals surface area contributed by atoms with Crippen molar-refractivity contribution in [3.05, 3.63) is 49.7 Å². The van der Waals surface area contributed by atoms with E-state index in [2.05, 4.69) is 16.2 Å². The first-order valence-corrected chi connectivity index (χ1v) is 7.53. The number of pyridine rings is 1. The molecule has 0 bridgehead atoms. The maximum absolute atomic E-state index is 12.5. The second-order valence-electron chi connectivity index (χ2n) is 4.71. The van der Waals surface area contributed by atoms with E-state index in [1.807, 2.05) is 11.5 Å². The Balaban J connectivity index is 2.03. The molecule has 1 aliphatic carbocycles. The summed E-state index contributed by atoms with van der Waals surface area (Å²) >= 11 is 7.35. The quantitative estimate of drug-likeness (QED) is 0.749. The monoisotopic (exact) mass is 303 g/mol. The Morgan fingerprint density at radius 1 is 1.45 bits per heavy atom. The fourth-order valence-electron chi connectivity index (χ4n) is 2.56. The average molecular weight is 304 g/mol. The number of thiophene rings is 1. The molecule has 0 saturated carbocycles.